The maximum Gasteiger partial charge on any atom is 0.262 e. The molecule has 3 aromatic rings. The Morgan fingerprint density at radius 1 is 1.00 bits per heavy atom. The standard InChI is InChI=1S/C20H21Cl2N3O2S/c1-12-5-8-18(9-13(12)2)28(26,27)24-20-14(3)23-25(15(20)4)11-16-6-7-17(21)10-19(16)22/h5-10,24H,11H2,1-4H3. The average molecular weight is 438 g/mol. The lowest BCUT2D eigenvalue weighted by Crippen LogP contribution is -2.14. The Morgan fingerprint density at radius 2 is 1.71 bits per heavy atom. The van der Waals surface area contributed by atoms with Crippen molar-refractivity contribution in [2.45, 2.75) is 39.1 Å². The first-order valence-corrected chi connectivity index (χ1v) is 10.9. The molecule has 0 amide bonds. The lowest BCUT2D eigenvalue weighted by atomic mass is 10.1. The van der Waals surface area contributed by atoms with Gasteiger partial charge < -0.3 is 0 Å². The van der Waals surface area contributed by atoms with Crippen molar-refractivity contribution in [2.24, 2.45) is 0 Å². The van der Waals surface area contributed by atoms with Crippen molar-refractivity contribution in [1.82, 2.24) is 9.78 Å². The molecule has 0 saturated heterocycles. The van der Waals surface area contributed by atoms with Gasteiger partial charge in [0, 0.05) is 10.0 Å². The molecule has 0 atom stereocenters. The fraction of sp³-hybridized carbons (Fsp3) is 0.250. The van der Waals surface area contributed by atoms with E-state index in [1.165, 1.54) is 0 Å². The van der Waals surface area contributed by atoms with Crippen LogP contribution in [0, 0.1) is 27.7 Å². The van der Waals surface area contributed by atoms with Crippen LogP contribution in [0.25, 0.3) is 0 Å². The first-order valence-electron chi connectivity index (χ1n) is 8.66. The summed E-state index contributed by atoms with van der Waals surface area (Å²) in [5.41, 5.74) is 4.58. The highest BCUT2D eigenvalue weighted by Gasteiger charge is 2.20. The van der Waals surface area contributed by atoms with Crippen LogP contribution in [0.5, 0.6) is 0 Å². The van der Waals surface area contributed by atoms with Crippen molar-refractivity contribution in [1.29, 1.82) is 0 Å². The van der Waals surface area contributed by atoms with Crippen LogP contribution in [0.15, 0.2) is 41.3 Å². The molecule has 8 heteroatoms. The van der Waals surface area contributed by atoms with Gasteiger partial charge in [0.1, 0.15) is 0 Å². The van der Waals surface area contributed by atoms with Gasteiger partial charge in [-0.1, -0.05) is 35.3 Å². The zero-order chi connectivity index (χ0) is 20.6. The zero-order valence-electron chi connectivity index (χ0n) is 16.0. The van der Waals surface area contributed by atoms with Crippen LogP contribution < -0.4 is 4.72 Å². The van der Waals surface area contributed by atoms with Gasteiger partial charge in [0.15, 0.2) is 0 Å². The molecule has 28 heavy (non-hydrogen) atoms. The van der Waals surface area contributed by atoms with Crippen molar-refractivity contribution in [3.8, 4) is 0 Å². The summed E-state index contributed by atoms with van der Waals surface area (Å²) in [5.74, 6) is 0. The Hall–Kier alpha value is -2.02. The maximum absolute atomic E-state index is 12.8. The number of halogens is 2. The van der Waals surface area contributed by atoms with Gasteiger partial charge in [-0.15, -0.1) is 0 Å². The number of nitrogens with one attached hydrogen (secondary N) is 1. The molecule has 0 aliphatic carbocycles. The molecule has 0 bridgehead atoms. The van der Waals surface area contributed by atoms with E-state index in [0.717, 1.165) is 16.7 Å². The summed E-state index contributed by atoms with van der Waals surface area (Å²) in [6.45, 7) is 7.83. The number of nitrogens with zero attached hydrogens (tertiary/aromatic N) is 2. The minimum absolute atomic E-state index is 0.225. The SMILES string of the molecule is Cc1ccc(S(=O)(=O)Nc2c(C)nn(Cc3ccc(Cl)cc3Cl)c2C)cc1C. The summed E-state index contributed by atoms with van der Waals surface area (Å²) < 4.78 is 30.1. The van der Waals surface area contributed by atoms with Gasteiger partial charge in [0.25, 0.3) is 10.0 Å². The predicted octanol–water partition coefficient (Wildman–Crippen LogP) is 5.27. The first kappa shape index (κ1) is 20.7. The Morgan fingerprint density at radius 3 is 2.36 bits per heavy atom. The van der Waals surface area contributed by atoms with E-state index in [4.69, 9.17) is 23.2 Å². The van der Waals surface area contributed by atoms with Gasteiger partial charge in [-0.2, -0.15) is 5.10 Å². The number of aryl methyl sites for hydroxylation is 3. The summed E-state index contributed by atoms with van der Waals surface area (Å²) >= 11 is 12.2. The van der Waals surface area contributed by atoms with Gasteiger partial charge in [-0.25, -0.2) is 8.42 Å². The second-order valence-corrected chi connectivity index (χ2v) is 9.32. The molecule has 1 N–H and O–H groups in total. The number of benzene rings is 2. The van der Waals surface area contributed by atoms with E-state index in [1.54, 1.807) is 41.9 Å². The normalized spacial score (nSPS) is 11.6. The van der Waals surface area contributed by atoms with Gasteiger partial charge >= 0.3 is 0 Å². The molecule has 3 rings (SSSR count). The number of aromatic nitrogens is 2. The van der Waals surface area contributed by atoms with Gasteiger partial charge in [0.05, 0.1) is 28.5 Å². The quantitative estimate of drug-likeness (QED) is 0.590. The van der Waals surface area contributed by atoms with E-state index in [-0.39, 0.29) is 4.90 Å². The highest BCUT2D eigenvalue weighted by Crippen LogP contribution is 2.27. The Bertz CT molecular complexity index is 1150. The molecule has 0 radical (unpaired) electrons. The third kappa shape index (κ3) is 4.19. The lowest BCUT2D eigenvalue weighted by Gasteiger charge is -2.11. The van der Waals surface area contributed by atoms with Crippen LogP contribution in [-0.4, -0.2) is 18.2 Å². The highest BCUT2D eigenvalue weighted by molar-refractivity contribution is 7.92. The molecule has 0 aliphatic rings. The molecular weight excluding hydrogens is 417 g/mol. The summed E-state index contributed by atoms with van der Waals surface area (Å²) in [4.78, 5) is 0.225. The molecular formula is C20H21Cl2N3O2S. The molecule has 0 aliphatic heterocycles. The minimum atomic E-state index is -3.72. The van der Waals surface area contributed by atoms with E-state index in [2.05, 4.69) is 9.82 Å². The molecule has 0 spiro atoms. The molecule has 0 unspecified atom stereocenters. The Kier molecular flexibility index (Phi) is 5.75. The highest BCUT2D eigenvalue weighted by atomic mass is 35.5. The predicted molar refractivity (Wildman–Crippen MR) is 114 cm³/mol. The first-order chi connectivity index (χ1) is 13.1. The molecule has 2 aromatic carbocycles. The van der Waals surface area contributed by atoms with Crippen molar-refractivity contribution >= 4 is 38.9 Å². The number of hydrogen-bond donors (Lipinski definition) is 1. The summed E-state index contributed by atoms with van der Waals surface area (Å²) in [6, 6.07) is 10.3. The zero-order valence-corrected chi connectivity index (χ0v) is 18.4. The minimum Gasteiger partial charge on any atom is -0.276 e. The van der Waals surface area contributed by atoms with E-state index in [9.17, 15) is 8.42 Å². The molecule has 148 valence electrons. The average Bonchev–Trinajstić information content (AvgIpc) is 2.87. The third-order valence-corrected chi connectivity index (χ3v) is 6.68. The van der Waals surface area contributed by atoms with Crippen LogP contribution in [0.1, 0.15) is 28.1 Å². The molecule has 1 heterocycles. The van der Waals surface area contributed by atoms with Gasteiger partial charge in [0.2, 0.25) is 0 Å². The summed E-state index contributed by atoms with van der Waals surface area (Å²) in [7, 11) is -3.72. The molecule has 5 nitrogen and oxygen atoms in total. The van der Waals surface area contributed by atoms with Crippen LogP contribution in [-0.2, 0) is 16.6 Å². The van der Waals surface area contributed by atoms with E-state index in [0.29, 0.717) is 33.7 Å². The summed E-state index contributed by atoms with van der Waals surface area (Å²) in [6.07, 6.45) is 0. The number of anilines is 1. The van der Waals surface area contributed by atoms with Crippen LogP contribution in [0.4, 0.5) is 5.69 Å². The number of hydrogen-bond acceptors (Lipinski definition) is 3. The Balaban J connectivity index is 1.92. The van der Waals surface area contributed by atoms with E-state index >= 15 is 0 Å². The largest absolute Gasteiger partial charge is 0.276 e. The van der Waals surface area contributed by atoms with E-state index in [1.807, 2.05) is 26.8 Å². The molecule has 0 saturated carbocycles. The van der Waals surface area contributed by atoms with Crippen molar-refractivity contribution < 1.29 is 8.42 Å². The lowest BCUT2D eigenvalue weighted by molar-refractivity contribution is 0.601. The van der Waals surface area contributed by atoms with Crippen LogP contribution >= 0.6 is 23.2 Å². The van der Waals surface area contributed by atoms with E-state index < -0.39 is 10.0 Å². The van der Waals surface area contributed by atoms with Gasteiger partial charge in [-0.3, -0.25) is 9.40 Å². The fourth-order valence-electron chi connectivity index (χ4n) is 2.88. The third-order valence-electron chi connectivity index (χ3n) is 4.74. The van der Waals surface area contributed by atoms with Crippen molar-refractivity contribution in [3.63, 3.8) is 0 Å². The molecule has 1 aromatic heterocycles. The van der Waals surface area contributed by atoms with Crippen LogP contribution in [0.2, 0.25) is 10.0 Å². The number of sulfonamides is 1. The van der Waals surface area contributed by atoms with Crippen molar-refractivity contribution in [3.05, 3.63) is 74.5 Å². The monoisotopic (exact) mass is 437 g/mol. The maximum atomic E-state index is 12.8. The Labute approximate surface area is 175 Å². The fourth-order valence-corrected chi connectivity index (χ4v) is 4.61. The second-order valence-electron chi connectivity index (χ2n) is 6.79. The van der Waals surface area contributed by atoms with Crippen molar-refractivity contribution in [2.75, 3.05) is 4.72 Å². The summed E-state index contributed by atoms with van der Waals surface area (Å²) in [5, 5.41) is 5.57. The smallest absolute Gasteiger partial charge is 0.262 e. The second kappa shape index (κ2) is 7.78. The topological polar surface area (TPSA) is 64.0 Å². The van der Waals surface area contributed by atoms with Gasteiger partial charge in [-0.05, 0) is 68.7 Å². The molecule has 0 fully saturated rings. The van der Waals surface area contributed by atoms with Crippen LogP contribution in [0.3, 0.4) is 0 Å². The number of rotatable bonds is 5.